The number of pyridine rings is 1. The molecule has 27 heavy (non-hydrogen) atoms. The molecule has 1 aromatic heterocycles. The highest BCUT2D eigenvalue weighted by Gasteiger charge is 2.32. The van der Waals surface area contributed by atoms with E-state index >= 15 is 0 Å². The van der Waals surface area contributed by atoms with E-state index < -0.39 is 0 Å². The van der Waals surface area contributed by atoms with Crippen LogP contribution in [0.4, 0.5) is 0 Å². The summed E-state index contributed by atoms with van der Waals surface area (Å²) in [6.07, 6.45) is 12.6. The van der Waals surface area contributed by atoms with Crippen LogP contribution in [-0.2, 0) is 11.3 Å². The maximum atomic E-state index is 12.6. The molecule has 1 aliphatic carbocycles. The number of nitrogens with one attached hydrogen (secondary N) is 1. The topological polar surface area (TPSA) is 48.5 Å². The second-order valence-electron chi connectivity index (χ2n) is 8.74. The summed E-state index contributed by atoms with van der Waals surface area (Å²) < 4.78 is 0. The molecule has 0 unspecified atom stereocenters. The van der Waals surface area contributed by atoms with Gasteiger partial charge in [-0.3, -0.25) is 14.7 Å². The van der Waals surface area contributed by atoms with Crippen LogP contribution in [0.15, 0.2) is 24.5 Å². The Morgan fingerprint density at radius 2 is 1.96 bits per heavy atom. The van der Waals surface area contributed by atoms with Gasteiger partial charge < -0.3 is 10.2 Å². The molecule has 0 spiro atoms. The molecule has 0 aromatic carbocycles. The van der Waals surface area contributed by atoms with Crippen molar-refractivity contribution < 1.29 is 4.79 Å². The van der Waals surface area contributed by atoms with Crippen LogP contribution < -0.4 is 5.32 Å². The number of likely N-dealkylation sites (tertiary alicyclic amines) is 2. The van der Waals surface area contributed by atoms with Crippen LogP contribution in [0.25, 0.3) is 0 Å². The molecule has 1 amide bonds. The van der Waals surface area contributed by atoms with E-state index in [-0.39, 0.29) is 11.8 Å². The fourth-order valence-corrected chi connectivity index (χ4v) is 4.90. The van der Waals surface area contributed by atoms with Gasteiger partial charge in [0.25, 0.3) is 0 Å². The van der Waals surface area contributed by atoms with E-state index in [0.717, 1.165) is 30.9 Å². The lowest BCUT2D eigenvalue weighted by Gasteiger charge is -2.43. The highest BCUT2D eigenvalue weighted by molar-refractivity contribution is 5.78. The van der Waals surface area contributed by atoms with Gasteiger partial charge in [0.15, 0.2) is 0 Å². The minimum atomic E-state index is 0.142. The molecule has 0 bridgehead atoms. The third-order valence-corrected chi connectivity index (χ3v) is 6.83. The van der Waals surface area contributed by atoms with Crippen molar-refractivity contribution in [2.45, 2.75) is 57.5 Å². The summed E-state index contributed by atoms with van der Waals surface area (Å²) in [6.45, 7) is 6.51. The molecule has 5 nitrogen and oxygen atoms in total. The molecular formula is C22H34N4O. The van der Waals surface area contributed by atoms with E-state index in [1.54, 1.807) is 6.20 Å². The maximum absolute atomic E-state index is 12.6. The van der Waals surface area contributed by atoms with Crippen molar-refractivity contribution in [3.05, 3.63) is 30.1 Å². The van der Waals surface area contributed by atoms with Crippen molar-refractivity contribution in [3.63, 3.8) is 0 Å². The minimum Gasteiger partial charge on any atom is -0.352 e. The Morgan fingerprint density at radius 1 is 1.11 bits per heavy atom. The van der Waals surface area contributed by atoms with Crippen LogP contribution in [0.5, 0.6) is 0 Å². The Bertz CT molecular complexity index is 596. The van der Waals surface area contributed by atoms with Crippen LogP contribution in [-0.4, -0.2) is 59.5 Å². The molecule has 148 valence electrons. The number of hydrogen-bond donors (Lipinski definition) is 1. The summed E-state index contributed by atoms with van der Waals surface area (Å²) in [5.74, 6) is 1.33. The first-order valence-corrected chi connectivity index (χ1v) is 10.9. The number of nitrogens with zero attached hydrogens (tertiary/aromatic N) is 3. The van der Waals surface area contributed by atoms with Crippen molar-refractivity contribution in [2.24, 2.45) is 11.8 Å². The summed E-state index contributed by atoms with van der Waals surface area (Å²) in [5.41, 5.74) is 1.07. The zero-order chi connectivity index (χ0) is 18.5. The van der Waals surface area contributed by atoms with Gasteiger partial charge in [0, 0.05) is 38.1 Å². The second kappa shape index (κ2) is 9.16. The van der Waals surface area contributed by atoms with Crippen molar-refractivity contribution in [1.82, 2.24) is 20.1 Å². The van der Waals surface area contributed by atoms with Crippen LogP contribution in [0.3, 0.4) is 0 Å². The molecule has 3 aliphatic rings. The Labute approximate surface area is 163 Å². The molecule has 2 saturated heterocycles. The van der Waals surface area contributed by atoms with Gasteiger partial charge in [-0.15, -0.1) is 0 Å². The first-order chi connectivity index (χ1) is 13.3. The zero-order valence-electron chi connectivity index (χ0n) is 16.5. The predicted molar refractivity (Wildman–Crippen MR) is 107 cm³/mol. The van der Waals surface area contributed by atoms with E-state index in [1.165, 1.54) is 58.3 Å². The van der Waals surface area contributed by atoms with Crippen molar-refractivity contribution in [2.75, 3.05) is 32.7 Å². The van der Waals surface area contributed by atoms with E-state index in [4.69, 9.17) is 0 Å². The van der Waals surface area contributed by atoms with Crippen LogP contribution in [0.2, 0.25) is 0 Å². The van der Waals surface area contributed by atoms with E-state index in [1.807, 2.05) is 18.3 Å². The van der Waals surface area contributed by atoms with Gasteiger partial charge in [0.2, 0.25) is 5.91 Å². The smallest absolute Gasteiger partial charge is 0.224 e. The quantitative estimate of drug-likeness (QED) is 0.836. The average molecular weight is 371 g/mol. The Morgan fingerprint density at radius 3 is 2.67 bits per heavy atom. The van der Waals surface area contributed by atoms with Crippen molar-refractivity contribution >= 4 is 5.91 Å². The number of hydrogen-bond acceptors (Lipinski definition) is 4. The highest BCUT2D eigenvalue weighted by atomic mass is 16.1. The number of piperidine rings is 2. The van der Waals surface area contributed by atoms with Gasteiger partial charge in [-0.05, 0) is 75.7 Å². The summed E-state index contributed by atoms with van der Waals surface area (Å²) in [6, 6.07) is 4.61. The minimum absolute atomic E-state index is 0.142. The summed E-state index contributed by atoms with van der Waals surface area (Å²) >= 11 is 0. The Balaban J connectivity index is 1.21. The lowest BCUT2D eigenvalue weighted by atomic mass is 9.84. The maximum Gasteiger partial charge on any atom is 0.224 e. The van der Waals surface area contributed by atoms with Gasteiger partial charge >= 0.3 is 0 Å². The Kier molecular flexibility index (Phi) is 6.40. The van der Waals surface area contributed by atoms with Crippen molar-refractivity contribution in [1.29, 1.82) is 0 Å². The van der Waals surface area contributed by atoms with E-state index in [0.29, 0.717) is 12.6 Å². The molecule has 2 aliphatic heterocycles. The van der Waals surface area contributed by atoms with Crippen LogP contribution in [0, 0.1) is 11.8 Å². The van der Waals surface area contributed by atoms with Crippen LogP contribution in [0.1, 0.15) is 50.5 Å². The number of carbonyl (C=O) groups is 1. The average Bonchev–Trinajstić information content (AvgIpc) is 2.70. The molecule has 3 heterocycles. The molecule has 4 rings (SSSR count). The van der Waals surface area contributed by atoms with Crippen LogP contribution >= 0.6 is 0 Å². The normalized spacial score (nSPS) is 25.9. The number of aromatic nitrogens is 1. The summed E-state index contributed by atoms with van der Waals surface area (Å²) in [7, 11) is 0. The first-order valence-electron chi connectivity index (χ1n) is 10.9. The van der Waals surface area contributed by atoms with E-state index in [2.05, 4.69) is 20.1 Å². The molecular weight excluding hydrogens is 336 g/mol. The lowest BCUT2D eigenvalue weighted by Crippen LogP contribution is -2.51. The number of amides is 1. The molecule has 1 atom stereocenters. The highest BCUT2D eigenvalue weighted by Crippen LogP contribution is 2.29. The SMILES string of the molecule is O=C(NCc1cccnc1)[C@@H]1CCCN(C2CCN(CC3CCC3)CC2)C1. The molecule has 3 fully saturated rings. The van der Waals surface area contributed by atoms with Gasteiger partial charge in [0.1, 0.15) is 0 Å². The third-order valence-electron chi connectivity index (χ3n) is 6.83. The van der Waals surface area contributed by atoms with Crippen molar-refractivity contribution in [3.8, 4) is 0 Å². The van der Waals surface area contributed by atoms with E-state index in [9.17, 15) is 4.79 Å². The lowest BCUT2D eigenvalue weighted by molar-refractivity contribution is -0.127. The largest absolute Gasteiger partial charge is 0.352 e. The number of rotatable bonds is 6. The molecule has 5 heteroatoms. The predicted octanol–water partition coefficient (Wildman–Crippen LogP) is 2.67. The molecule has 1 N–H and O–H groups in total. The number of carbonyl (C=O) groups excluding carboxylic acids is 1. The Hall–Kier alpha value is -1.46. The summed E-state index contributed by atoms with van der Waals surface area (Å²) in [5, 5.41) is 3.12. The monoisotopic (exact) mass is 370 g/mol. The first kappa shape index (κ1) is 18.9. The molecule has 1 aromatic rings. The molecule has 1 saturated carbocycles. The third kappa shape index (κ3) is 5.08. The molecule has 0 radical (unpaired) electrons. The van der Waals surface area contributed by atoms with Gasteiger partial charge in [0.05, 0.1) is 5.92 Å². The zero-order valence-corrected chi connectivity index (χ0v) is 16.5. The van der Waals surface area contributed by atoms with Gasteiger partial charge in [-0.25, -0.2) is 0 Å². The summed E-state index contributed by atoms with van der Waals surface area (Å²) in [4.78, 5) is 22.1. The van der Waals surface area contributed by atoms with Gasteiger partial charge in [-0.1, -0.05) is 12.5 Å². The van der Waals surface area contributed by atoms with Gasteiger partial charge in [-0.2, -0.15) is 0 Å². The standard InChI is InChI=1S/C22H34N4O/c27-22(24-15-19-6-2-10-23-14-19)20-7-3-11-26(17-20)21-8-12-25(13-9-21)16-18-4-1-5-18/h2,6,10,14,18,20-21H,1,3-5,7-9,11-13,15-17H2,(H,24,27)/t20-/m1/s1. The fourth-order valence-electron chi connectivity index (χ4n) is 4.90. The fraction of sp³-hybridized carbons (Fsp3) is 0.727. The second-order valence-corrected chi connectivity index (χ2v) is 8.74.